The van der Waals surface area contributed by atoms with Crippen LogP contribution >= 0.6 is 0 Å². The van der Waals surface area contributed by atoms with Gasteiger partial charge in [0, 0.05) is 50.3 Å². The van der Waals surface area contributed by atoms with E-state index in [4.69, 9.17) is 21.9 Å². The van der Waals surface area contributed by atoms with Gasteiger partial charge in [-0.2, -0.15) is 0 Å². The van der Waals surface area contributed by atoms with Crippen molar-refractivity contribution in [2.45, 2.75) is 209 Å². The van der Waals surface area contributed by atoms with Crippen LogP contribution < -0.4 is 91.2 Å². The Labute approximate surface area is 660 Å². The lowest BCUT2D eigenvalue weighted by molar-refractivity contribution is -0.156. The first kappa shape index (κ1) is 96.8. The van der Waals surface area contributed by atoms with Crippen LogP contribution in [0.1, 0.15) is 146 Å². The molecule has 0 aliphatic carbocycles. The van der Waals surface area contributed by atoms with E-state index in [1.165, 1.54) is 24.3 Å². The number of nitrogens with zero attached hydrogens (tertiary/aromatic N) is 1. The zero-order valence-corrected chi connectivity index (χ0v) is 64.5. The summed E-state index contributed by atoms with van der Waals surface area (Å²) in [4.78, 5) is 275. The number of benzene rings is 2. The summed E-state index contributed by atoms with van der Waals surface area (Å²) in [5.74, 6) is -29.7. The molecule has 0 unspecified atom stereocenters. The van der Waals surface area contributed by atoms with E-state index < -0.39 is 261 Å². The second-order valence-electron chi connectivity index (χ2n) is 27.5. The number of hydrogen-bond donors (Lipinski definition) is 21. The maximum Gasteiger partial charge on any atom is 0.329 e. The molecule has 2 aromatic rings. The second-order valence-corrected chi connectivity index (χ2v) is 27.5. The number of cyclic esters (lactones) is 1. The highest BCUT2D eigenvalue weighted by Gasteiger charge is 2.41. The van der Waals surface area contributed by atoms with Gasteiger partial charge < -0.3 is 121 Å². The van der Waals surface area contributed by atoms with Gasteiger partial charge >= 0.3 is 29.8 Å². The van der Waals surface area contributed by atoms with Gasteiger partial charge in [-0.05, 0) is 75.4 Å². The van der Waals surface area contributed by atoms with Crippen LogP contribution in [-0.2, 0) is 102 Å². The van der Waals surface area contributed by atoms with Gasteiger partial charge in [-0.15, -0.1) is 0 Å². The van der Waals surface area contributed by atoms with Crippen molar-refractivity contribution in [3.8, 4) is 0 Å². The molecule has 1 aliphatic rings. The van der Waals surface area contributed by atoms with Gasteiger partial charge in [0.2, 0.25) is 82.7 Å². The normalized spacial score (nSPS) is 21.1. The predicted octanol–water partition coefficient (Wildman–Crippen LogP) is -6.04. The zero-order valence-electron chi connectivity index (χ0n) is 64.5. The smallest absolute Gasteiger partial charge is 0.329 e. The van der Waals surface area contributed by atoms with E-state index in [-0.39, 0.29) is 37.1 Å². The third-order valence-corrected chi connectivity index (χ3v) is 17.7. The Balaban J connectivity index is 2.30. The number of Topliss-reactive ketones (excluding diaryl/α,β-unsaturated/α-hetero) is 1. The topological polar surface area (TPSA) is 689 Å². The lowest BCUT2D eigenvalue weighted by atomic mass is 9.96. The van der Waals surface area contributed by atoms with Gasteiger partial charge in [-0.3, -0.25) is 91.1 Å². The number of primary amides is 1. The number of esters is 1. The number of aliphatic carboxylic acids is 4. The third kappa shape index (κ3) is 35.0. The molecule has 1 aliphatic heterocycles. The first-order valence-corrected chi connectivity index (χ1v) is 36.9. The fourth-order valence-corrected chi connectivity index (χ4v) is 11.4. The Morgan fingerprint density at radius 3 is 1.63 bits per heavy atom. The quantitative estimate of drug-likeness (QED) is 0.0131. The Hall–Kier alpha value is -12.4. The van der Waals surface area contributed by atoms with Gasteiger partial charge in [0.15, 0.2) is 5.78 Å². The lowest BCUT2D eigenvalue weighted by Crippen LogP contribution is -2.62. The van der Waals surface area contributed by atoms with Crippen molar-refractivity contribution in [3.05, 3.63) is 59.7 Å². The number of aliphatic hydroxyl groups excluding tert-OH is 1. The van der Waals surface area contributed by atoms with E-state index in [2.05, 4.69) is 60.1 Å². The molecule has 634 valence electrons. The molecule has 1 heterocycles. The maximum absolute atomic E-state index is 14.8. The molecule has 43 heteroatoms. The highest BCUT2D eigenvalue weighted by atomic mass is 16.5. The summed E-state index contributed by atoms with van der Waals surface area (Å²) in [6, 6.07) is -10.6. The second kappa shape index (κ2) is 49.1. The summed E-state index contributed by atoms with van der Waals surface area (Å²) in [6.07, 6.45) is -3.86. The molecule has 0 bridgehead atoms. The van der Waals surface area contributed by atoms with Crippen molar-refractivity contribution in [2.24, 2.45) is 17.4 Å². The summed E-state index contributed by atoms with van der Waals surface area (Å²) >= 11 is 0. The number of unbranched alkanes of at least 4 members (excludes halogenated alkanes) is 6. The maximum atomic E-state index is 14.8. The Bertz CT molecular complexity index is 3820. The van der Waals surface area contributed by atoms with E-state index in [1.807, 2.05) is 16.0 Å². The van der Waals surface area contributed by atoms with E-state index in [0.717, 1.165) is 58.6 Å². The molecule has 2 aromatic carbocycles. The Kier molecular flexibility index (Phi) is 41.3. The highest BCUT2D eigenvalue weighted by molar-refractivity contribution is 6.05. The van der Waals surface area contributed by atoms with Crippen molar-refractivity contribution < 1.29 is 126 Å². The lowest BCUT2D eigenvalue weighted by Gasteiger charge is -2.30. The number of para-hydroxylation sites is 1. The predicted molar refractivity (Wildman–Crippen MR) is 403 cm³/mol. The summed E-state index contributed by atoms with van der Waals surface area (Å²) in [5.41, 5.74) is 18.2. The van der Waals surface area contributed by atoms with Crippen LogP contribution in [0.15, 0.2) is 48.5 Å². The number of hydrogen-bond acceptors (Lipinski definition) is 25. The number of rotatable bonds is 36. The molecular formula is C72H105N17O26. The van der Waals surface area contributed by atoms with Gasteiger partial charge in [0.05, 0.1) is 51.8 Å². The Morgan fingerprint density at radius 1 is 0.548 bits per heavy atom. The molecule has 0 spiro atoms. The summed E-state index contributed by atoms with van der Waals surface area (Å²) in [7, 11) is 3.56. The molecule has 24 N–H and O–H groups in total. The number of carboxylic acid groups (broad SMARTS) is 4. The van der Waals surface area contributed by atoms with Crippen molar-refractivity contribution in [2.75, 3.05) is 51.0 Å². The monoisotopic (exact) mass is 1620 g/mol. The van der Waals surface area contributed by atoms with Crippen LogP contribution in [0.2, 0.25) is 0 Å². The molecule has 3 rings (SSSR count). The number of nitrogens with two attached hydrogens (primary N) is 3. The number of aliphatic hydroxyl groups is 1. The summed E-state index contributed by atoms with van der Waals surface area (Å²) in [6.45, 7) is 1.12. The van der Waals surface area contributed by atoms with Crippen LogP contribution in [0.5, 0.6) is 0 Å². The molecule has 13 atom stereocenters. The number of nitrogen functional groups attached to an aromatic ring is 1. The highest BCUT2D eigenvalue weighted by Crippen LogP contribution is 2.19. The largest absolute Gasteiger partial charge is 0.481 e. The number of nitrogens with one attached hydrogen (secondary N) is 13. The molecule has 1 fully saturated rings. The minimum Gasteiger partial charge on any atom is -0.481 e. The van der Waals surface area contributed by atoms with Gasteiger partial charge in [-0.25, -0.2) is 4.79 Å². The summed E-state index contributed by atoms with van der Waals surface area (Å²) < 4.78 is 5.68. The fourth-order valence-electron chi connectivity index (χ4n) is 11.4. The average molecular weight is 1620 g/mol. The first-order chi connectivity index (χ1) is 54.2. The van der Waals surface area contributed by atoms with Crippen LogP contribution in [0.25, 0.3) is 0 Å². The number of carbonyl (C=O) groups is 20. The van der Waals surface area contributed by atoms with E-state index >= 15 is 0 Å². The van der Waals surface area contributed by atoms with Crippen LogP contribution in [0, 0.1) is 5.92 Å². The molecule has 115 heavy (non-hydrogen) atoms. The van der Waals surface area contributed by atoms with Crippen molar-refractivity contribution in [1.29, 1.82) is 0 Å². The molecular weight excluding hydrogens is 1520 g/mol. The van der Waals surface area contributed by atoms with E-state index in [1.54, 1.807) is 43.3 Å². The number of carboxylic acids is 4. The molecule has 14 amide bonds. The van der Waals surface area contributed by atoms with Gasteiger partial charge in [0.1, 0.15) is 72.6 Å². The fraction of sp³-hybridized carbons (Fsp3) is 0.556. The molecule has 43 nitrogen and oxygen atoms in total. The molecule has 1 saturated heterocycles. The van der Waals surface area contributed by atoms with Crippen molar-refractivity contribution >= 4 is 130 Å². The van der Waals surface area contributed by atoms with Crippen LogP contribution in [-0.4, -0.2) is 257 Å². The van der Waals surface area contributed by atoms with Gasteiger partial charge in [-0.1, -0.05) is 76.6 Å². The molecule has 0 aromatic heterocycles. The minimum atomic E-state index is -2.45. The van der Waals surface area contributed by atoms with Crippen LogP contribution in [0.4, 0.5) is 11.4 Å². The average Bonchev–Trinajstić information content (AvgIpc) is 0.852. The molecule has 0 saturated carbocycles. The molecule has 0 radical (unpaired) electrons. The zero-order chi connectivity index (χ0) is 86.3. The van der Waals surface area contributed by atoms with Gasteiger partial charge in [0.25, 0.3) is 0 Å². The summed E-state index contributed by atoms with van der Waals surface area (Å²) in [5, 5.41) is 78.0. The number of carbonyl (C=O) groups excluding carboxylic acids is 16. The Morgan fingerprint density at radius 2 is 1.07 bits per heavy atom. The number of ketones is 1. The number of ether oxygens (including phenoxy) is 1. The van der Waals surface area contributed by atoms with Crippen molar-refractivity contribution in [3.63, 3.8) is 0 Å². The van der Waals surface area contributed by atoms with E-state index in [9.17, 15) is 121 Å². The number of anilines is 2. The third-order valence-electron chi connectivity index (χ3n) is 17.7. The van der Waals surface area contributed by atoms with E-state index in [0.29, 0.717) is 18.4 Å². The minimum absolute atomic E-state index is 0.0130. The first-order valence-electron chi connectivity index (χ1n) is 36.9. The SMILES string of the molecule is CCCCCCCCCC(=O)N[C@@H](Cc1ccc(N(C)C)cc1)C(=O)N[C@H](CC(N)=O)C(=O)N[C@@H](CC(=O)O)C(=O)N[C@@H]1C(=O)NCC(=O)N[C@@H](CCCN)C(=O)N[C@@H](CC(=O)O)C(=O)N[C@H](C)C(=O)N[C@@H](CC(=O)O)C(=O)NCC(=O)N[C@H](CO)C(=O)N[C@@H]([C@H](C)CC(=O)O)C(=O)N[C@@H](CC(=O)c2ccccc2N)C(=O)O[C@@H]1C. The van der Waals surface area contributed by atoms with Crippen LogP contribution in [0.3, 0.4) is 0 Å². The van der Waals surface area contributed by atoms with Crippen molar-refractivity contribution in [1.82, 2.24) is 69.1 Å². The number of amides is 14. The standard InChI is InChI=1S/C72H105N17O26/c1-7-8-9-10-11-12-13-20-53(93)80-44(27-39-21-23-40(24-22-39)89(5)6)66(108)83-45(29-52(75)92)67(109)85-48(32-59(102)103)68(110)88-61-38(4)115-72(114)49(28-51(91)41-17-14-15-18-42(41)74)86-71(113)60(36(2)26-56(96)97)87-69(111)50(35-90)81-55(95)33-76-63(105)46(30-57(98)99)82-62(104)37(3)78-65(107)47(31-58(100)101)84-64(106)43(19-16-25-73)79-54(94)34-77-70(61)112/h14-15,17-18,21-24,36-38,43-50,60-61,90H,7-13,16,19-20,25-35,73-74H2,1-6H3,(H2,75,92)(H,76,105)(H,77,112)(H,78,107)(H,79,94)(H,80,93)(H,81,95)(H,82,104)(H,83,108)(H,84,106)(H,85,109)(H,86,113)(H,87,111)(H,88,110)(H,96,97)(H,98,99)(H,100,101)(H,102,103)/t36-,37-,38-,43+,44+,45-,46+,47+,48+,49+,50-,60+,61+/m1/s1.